The highest BCUT2D eigenvalue weighted by Gasteiger charge is 2.15. The smallest absolute Gasteiger partial charge is 0.238 e. The number of carbonyl (C=O) groups is 1. The number of hydrogen-bond donors (Lipinski definition) is 2. The number of nitrogens with zero attached hydrogens (tertiary/aromatic N) is 1. The summed E-state index contributed by atoms with van der Waals surface area (Å²) in [6.07, 6.45) is 0.387. The molecule has 1 amide bonds. The standard InChI is InChI=1S/C11H24N2O2/c1-8(2)6-10(14)7-12-9(3)11(15)13(4)5/h8-10,12,14H,6-7H2,1-5H3. The molecule has 0 aromatic heterocycles. The Kier molecular flexibility index (Phi) is 6.52. The first-order valence-corrected chi connectivity index (χ1v) is 5.47. The number of aliphatic hydroxyl groups excluding tert-OH is 1. The molecule has 15 heavy (non-hydrogen) atoms. The van der Waals surface area contributed by atoms with Crippen LogP contribution in [0.25, 0.3) is 0 Å². The highest BCUT2D eigenvalue weighted by Crippen LogP contribution is 2.03. The largest absolute Gasteiger partial charge is 0.392 e. The van der Waals surface area contributed by atoms with Gasteiger partial charge in [-0.25, -0.2) is 0 Å². The first-order valence-electron chi connectivity index (χ1n) is 5.47. The molecule has 2 atom stereocenters. The van der Waals surface area contributed by atoms with Crippen molar-refractivity contribution in [3.05, 3.63) is 0 Å². The molecular weight excluding hydrogens is 192 g/mol. The quantitative estimate of drug-likeness (QED) is 0.678. The van der Waals surface area contributed by atoms with Crippen LogP contribution in [0, 0.1) is 5.92 Å². The molecule has 0 saturated carbocycles. The Labute approximate surface area is 92.7 Å². The van der Waals surface area contributed by atoms with Crippen molar-refractivity contribution in [1.82, 2.24) is 10.2 Å². The Hall–Kier alpha value is -0.610. The van der Waals surface area contributed by atoms with Crippen LogP contribution in [-0.2, 0) is 4.79 Å². The zero-order valence-electron chi connectivity index (χ0n) is 10.4. The molecule has 4 nitrogen and oxygen atoms in total. The maximum atomic E-state index is 11.5. The second kappa shape index (κ2) is 6.80. The summed E-state index contributed by atoms with van der Waals surface area (Å²) in [7, 11) is 3.45. The molecule has 0 aromatic rings. The van der Waals surface area contributed by atoms with Crippen LogP contribution in [0.15, 0.2) is 0 Å². The summed E-state index contributed by atoms with van der Waals surface area (Å²) in [5, 5.41) is 12.6. The lowest BCUT2D eigenvalue weighted by molar-refractivity contribution is -0.130. The fraction of sp³-hybridized carbons (Fsp3) is 0.909. The molecule has 0 rings (SSSR count). The molecule has 0 saturated heterocycles. The summed E-state index contributed by atoms with van der Waals surface area (Å²) in [6, 6.07) is -0.234. The van der Waals surface area contributed by atoms with E-state index in [1.807, 2.05) is 6.92 Å². The number of amides is 1. The van der Waals surface area contributed by atoms with Gasteiger partial charge in [-0.3, -0.25) is 4.79 Å². The van der Waals surface area contributed by atoms with Gasteiger partial charge in [0.25, 0.3) is 0 Å². The highest BCUT2D eigenvalue weighted by molar-refractivity contribution is 5.80. The second-order valence-electron chi connectivity index (χ2n) is 4.65. The minimum absolute atomic E-state index is 0.0340. The molecule has 2 unspecified atom stereocenters. The molecule has 0 aromatic carbocycles. The lowest BCUT2D eigenvalue weighted by Gasteiger charge is -2.20. The Bertz CT molecular complexity index is 193. The van der Waals surface area contributed by atoms with Gasteiger partial charge in [0, 0.05) is 20.6 Å². The maximum absolute atomic E-state index is 11.5. The highest BCUT2D eigenvalue weighted by atomic mass is 16.3. The molecule has 0 radical (unpaired) electrons. The molecule has 2 N–H and O–H groups in total. The van der Waals surface area contributed by atoms with Gasteiger partial charge < -0.3 is 15.3 Å². The molecule has 0 spiro atoms. The second-order valence-corrected chi connectivity index (χ2v) is 4.65. The van der Waals surface area contributed by atoms with E-state index >= 15 is 0 Å². The first kappa shape index (κ1) is 14.4. The van der Waals surface area contributed by atoms with Crippen LogP contribution in [0.5, 0.6) is 0 Å². The summed E-state index contributed by atoms with van der Waals surface area (Å²) in [5.41, 5.74) is 0. The molecular formula is C11H24N2O2. The SMILES string of the molecule is CC(C)CC(O)CNC(C)C(=O)N(C)C. The average Bonchev–Trinajstić information content (AvgIpc) is 2.11. The van der Waals surface area contributed by atoms with Gasteiger partial charge in [-0.2, -0.15) is 0 Å². The number of hydrogen-bond acceptors (Lipinski definition) is 3. The molecule has 0 fully saturated rings. The van der Waals surface area contributed by atoms with Crippen molar-refractivity contribution in [2.45, 2.75) is 39.3 Å². The van der Waals surface area contributed by atoms with Crippen LogP contribution < -0.4 is 5.32 Å². The molecule has 0 heterocycles. The summed E-state index contributed by atoms with van der Waals surface area (Å²) >= 11 is 0. The minimum Gasteiger partial charge on any atom is -0.392 e. The van der Waals surface area contributed by atoms with Crippen molar-refractivity contribution in [3.63, 3.8) is 0 Å². The fourth-order valence-corrected chi connectivity index (χ4v) is 1.41. The van der Waals surface area contributed by atoms with E-state index in [0.29, 0.717) is 12.5 Å². The lowest BCUT2D eigenvalue weighted by Crippen LogP contribution is -2.44. The lowest BCUT2D eigenvalue weighted by atomic mass is 10.1. The molecule has 4 heteroatoms. The van der Waals surface area contributed by atoms with Gasteiger partial charge in [-0.05, 0) is 19.3 Å². The third-order valence-electron chi connectivity index (χ3n) is 2.21. The third-order valence-corrected chi connectivity index (χ3v) is 2.21. The number of carbonyl (C=O) groups excluding carboxylic acids is 1. The van der Waals surface area contributed by atoms with E-state index in [4.69, 9.17) is 0 Å². The number of likely N-dealkylation sites (N-methyl/N-ethyl adjacent to an activating group) is 1. The van der Waals surface area contributed by atoms with Gasteiger partial charge in [-0.15, -0.1) is 0 Å². The molecule has 0 aliphatic carbocycles. The summed E-state index contributed by atoms with van der Waals surface area (Å²) < 4.78 is 0. The molecule has 0 bridgehead atoms. The first-order chi connectivity index (χ1) is 6.84. The Balaban J connectivity index is 3.80. The zero-order chi connectivity index (χ0) is 12.0. The Morgan fingerprint density at radius 2 is 1.87 bits per heavy atom. The minimum atomic E-state index is -0.373. The van der Waals surface area contributed by atoms with Gasteiger partial charge in [0.1, 0.15) is 0 Å². The topological polar surface area (TPSA) is 52.6 Å². The van der Waals surface area contributed by atoms with Crippen molar-refractivity contribution in [2.24, 2.45) is 5.92 Å². The molecule has 0 aliphatic rings. The van der Waals surface area contributed by atoms with E-state index in [2.05, 4.69) is 19.2 Å². The van der Waals surface area contributed by atoms with E-state index in [1.165, 1.54) is 0 Å². The average molecular weight is 216 g/mol. The predicted octanol–water partition coefficient (Wildman–Crippen LogP) is 0.460. The van der Waals surface area contributed by atoms with Gasteiger partial charge in [0.05, 0.1) is 12.1 Å². The number of rotatable bonds is 6. The van der Waals surface area contributed by atoms with Crippen LogP contribution in [0.3, 0.4) is 0 Å². The van der Waals surface area contributed by atoms with E-state index in [0.717, 1.165) is 6.42 Å². The Morgan fingerprint density at radius 3 is 2.27 bits per heavy atom. The van der Waals surface area contributed by atoms with Crippen LogP contribution in [0.4, 0.5) is 0 Å². The normalized spacial score (nSPS) is 15.1. The third kappa shape index (κ3) is 6.47. The number of aliphatic hydroxyl groups is 1. The van der Waals surface area contributed by atoms with Crippen molar-refractivity contribution >= 4 is 5.91 Å². The fourth-order valence-electron chi connectivity index (χ4n) is 1.41. The molecule has 0 aliphatic heterocycles. The van der Waals surface area contributed by atoms with Crippen molar-refractivity contribution in [3.8, 4) is 0 Å². The van der Waals surface area contributed by atoms with E-state index in [1.54, 1.807) is 19.0 Å². The zero-order valence-corrected chi connectivity index (χ0v) is 10.4. The van der Waals surface area contributed by atoms with E-state index < -0.39 is 0 Å². The van der Waals surface area contributed by atoms with Gasteiger partial charge >= 0.3 is 0 Å². The van der Waals surface area contributed by atoms with Gasteiger partial charge in [0.2, 0.25) is 5.91 Å². The summed E-state index contributed by atoms with van der Waals surface area (Å²) in [4.78, 5) is 13.0. The van der Waals surface area contributed by atoms with Crippen molar-refractivity contribution in [1.29, 1.82) is 0 Å². The molecule has 90 valence electrons. The van der Waals surface area contributed by atoms with E-state index in [9.17, 15) is 9.90 Å². The van der Waals surface area contributed by atoms with Gasteiger partial charge in [0.15, 0.2) is 0 Å². The van der Waals surface area contributed by atoms with E-state index in [-0.39, 0.29) is 18.1 Å². The van der Waals surface area contributed by atoms with Crippen LogP contribution in [0.2, 0.25) is 0 Å². The van der Waals surface area contributed by atoms with Crippen molar-refractivity contribution in [2.75, 3.05) is 20.6 Å². The maximum Gasteiger partial charge on any atom is 0.238 e. The predicted molar refractivity (Wildman–Crippen MR) is 61.6 cm³/mol. The van der Waals surface area contributed by atoms with Crippen LogP contribution in [0.1, 0.15) is 27.2 Å². The van der Waals surface area contributed by atoms with Crippen molar-refractivity contribution < 1.29 is 9.90 Å². The summed E-state index contributed by atoms with van der Waals surface area (Å²) in [5.74, 6) is 0.508. The number of nitrogens with one attached hydrogen (secondary N) is 1. The summed E-state index contributed by atoms with van der Waals surface area (Å²) in [6.45, 7) is 6.42. The van der Waals surface area contributed by atoms with Gasteiger partial charge in [-0.1, -0.05) is 13.8 Å². The van der Waals surface area contributed by atoms with Crippen LogP contribution >= 0.6 is 0 Å². The van der Waals surface area contributed by atoms with Crippen LogP contribution in [-0.4, -0.2) is 48.7 Å². The Morgan fingerprint density at radius 1 is 1.33 bits per heavy atom. The monoisotopic (exact) mass is 216 g/mol.